The third kappa shape index (κ3) is 3.54. The number of nitrogens with zero attached hydrogens (tertiary/aromatic N) is 2. The summed E-state index contributed by atoms with van der Waals surface area (Å²) in [5, 5.41) is 14.8. The van der Waals surface area contributed by atoms with E-state index in [-0.39, 0.29) is 21.8 Å². The second kappa shape index (κ2) is 6.72. The van der Waals surface area contributed by atoms with E-state index >= 15 is 0 Å². The molecule has 0 saturated heterocycles. The molecule has 9 heteroatoms. The fourth-order valence-electron chi connectivity index (χ4n) is 0.898. The van der Waals surface area contributed by atoms with E-state index in [4.69, 9.17) is 21.5 Å². The first-order valence-corrected chi connectivity index (χ1v) is 5.70. The van der Waals surface area contributed by atoms with Crippen LogP contribution in [-0.2, 0) is 14.4 Å². The number of aliphatic carboxylic acids is 1. The number of carbonyl (C=O) groups excluding carboxylic acids is 1. The van der Waals surface area contributed by atoms with Crippen LogP contribution in [0.15, 0.2) is 17.8 Å². The van der Waals surface area contributed by atoms with Crippen LogP contribution in [0.4, 0.5) is 5.13 Å². The van der Waals surface area contributed by atoms with Crippen LogP contribution >= 0.6 is 22.9 Å². The van der Waals surface area contributed by atoms with E-state index in [0.717, 1.165) is 11.3 Å². The normalized spacial score (nSPS) is 10.8. The highest BCUT2D eigenvalue weighted by Gasteiger charge is 2.22. The van der Waals surface area contributed by atoms with E-state index in [1.807, 2.05) is 0 Å². The summed E-state index contributed by atoms with van der Waals surface area (Å²) in [5.41, 5.74) is -0.514. The van der Waals surface area contributed by atoms with Crippen LogP contribution in [0.2, 0.25) is 4.34 Å². The maximum atomic E-state index is 11.0. The summed E-state index contributed by atoms with van der Waals surface area (Å²) in [4.78, 5) is 29.7. The van der Waals surface area contributed by atoms with Gasteiger partial charge in [0.1, 0.15) is 16.6 Å². The molecule has 0 unspecified atom stereocenters. The zero-order valence-corrected chi connectivity index (χ0v) is 10.5. The second-order valence-corrected chi connectivity index (χ2v) is 4.33. The van der Waals surface area contributed by atoms with E-state index in [0.29, 0.717) is 6.41 Å². The fourth-order valence-corrected chi connectivity index (χ4v) is 1.90. The SMILES string of the molecule is C=CCO/N=C(\C(=O)O)c1nc(NC=O)sc1Cl. The zero-order chi connectivity index (χ0) is 13.5. The van der Waals surface area contributed by atoms with Crippen molar-refractivity contribution in [1.29, 1.82) is 0 Å². The Balaban J connectivity index is 3.05. The average Bonchev–Trinajstić information content (AvgIpc) is 2.66. The first-order valence-electron chi connectivity index (χ1n) is 4.51. The van der Waals surface area contributed by atoms with Gasteiger partial charge in [-0.1, -0.05) is 40.7 Å². The van der Waals surface area contributed by atoms with Crippen LogP contribution in [0.1, 0.15) is 5.69 Å². The van der Waals surface area contributed by atoms with Crippen LogP contribution in [-0.4, -0.2) is 34.8 Å². The molecule has 96 valence electrons. The first-order chi connectivity index (χ1) is 8.60. The molecule has 7 nitrogen and oxygen atoms in total. The number of thiazole rings is 1. The number of oxime groups is 1. The molecule has 0 aliphatic carbocycles. The molecule has 0 spiro atoms. The third-order valence-corrected chi connectivity index (χ3v) is 2.73. The summed E-state index contributed by atoms with van der Waals surface area (Å²) in [6, 6.07) is 0. The highest BCUT2D eigenvalue weighted by molar-refractivity contribution is 7.20. The third-order valence-electron chi connectivity index (χ3n) is 1.54. The van der Waals surface area contributed by atoms with Crippen LogP contribution in [0.3, 0.4) is 0 Å². The van der Waals surface area contributed by atoms with E-state index in [9.17, 15) is 9.59 Å². The lowest BCUT2D eigenvalue weighted by atomic mass is 10.3. The molecular weight excluding hydrogens is 282 g/mol. The van der Waals surface area contributed by atoms with Crippen molar-refractivity contribution in [1.82, 2.24) is 4.98 Å². The van der Waals surface area contributed by atoms with Crippen molar-refractivity contribution < 1.29 is 19.5 Å². The van der Waals surface area contributed by atoms with Crippen molar-refractivity contribution in [3.63, 3.8) is 0 Å². The molecule has 1 heterocycles. The molecule has 0 saturated carbocycles. The van der Waals surface area contributed by atoms with Crippen LogP contribution in [0.5, 0.6) is 0 Å². The lowest BCUT2D eigenvalue weighted by Gasteiger charge is -1.98. The molecule has 1 aromatic heterocycles. The molecule has 0 atom stereocenters. The molecule has 18 heavy (non-hydrogen) atoms. The van der Waals surface area contributed by atoms with Crippen LogP contribution in [0, 0.1) is 0 Å². The van der Waals surface area contributed by atoms with E-state index in [1.165, 1.54) is 6.08 Å². The monoisotopic (exact) mass is 289 g/mol. The molecule has 0 fully saturated rings. The van der Waals surface area contributed by atoms with Crippen LogP contribution < -0.4 is 5.32 Å². The second-order valence-electron chi connectivity index (χ2n) is 2.73. The molecular formula is C9H8ClN3O4S. The molecule has 0 aliphatic rings. The minimum atomic E-state index is -1.34. The molecule has 0 radical (unpaired) electrons. The number of carboxylic acid groups (broad SMARTS) is 1. The number of rotatable bonds is 7. The lowest BCUT2D eigenvalue weighted by Crippen LogP contribution is -2.16. The number of anilines is 1. The Bertz CT molecular complexity index is 500. The van der Waals surface area contributed by atoms with E-state index in [2.05, 4.69) is 22.0 Å². The molecule has 0 aromatic carbocycles. The van der Waals surface area contributed by atoms with Crippen molar-refractivity contribution in [3.8, 4) is 0 Å². The maximum absolute atomic E-state index is 11.0. The predicted octanol–water partition coefficient (Wildman–Crippen LogP) is 1.36. The summed E-state index contributed by atoms with van der Waals surface area (Å²) in [7, 11) is 0. The van der Waals surface area contributed by atoms with Crippen molar-refractivity contribution >= 4 is 46.2 Å². The minimum Gasteiger partial charge on any atom is -0.476 e. The number of hydrogen-bond donors (Lipinski definition) is 2. The predicted molar refractivity (Wildman–Crippen MR) is 67.1 cm³/mol. The van der Waals surface area contributed by atoms with E-state index < -0.39 is 11.7 Å². The molecule has 0 aliphatic heterocycles. The van der Waals surface area contributed by atoms with Crippen molar-refractivity contribution in [3.05, 3.63) is 22.7 Å². The Kier molecular flexibility index (Phi) is 5.28. The number of hydrogen-bond acceptors (Lipinski definition) is 6. The van der Waals surface area contributed by atoms with Gasteiger partial charge in [-0.25, -0.2) is 9.78 Å². The Morgan fingerprint density at radius 2 is 2.44 bits per heavy atom. The smallest absolute Gasteiger partial charge is 0.360 e. The van der Waals surface area contributed by atoms with Crippen molar-refractivity contribution in [2.75, 3.05) is 11.9 Å². The van der Waals surface area contributed by atoms with Gasteiger partial charge in [-0.05, 0) is 0 Å². The van der Waals surface area contributed by atoms with Gasteiger partial charge in [0.05, 0.1) is 0 Å². The van der Waals surface area contributed by atoms with Gasteiger partial charge in [0.15, 0.2) is 5.13 Å². The molecule has 1 aromatic rings. The van der Waals surface area contributed by atoms with Gasteiger partial charge in [0, 0.05) is 0 Å². The topological polar surface area (TPSA) is 101 Å². The summed E-state index contributed by atoms with van der Waals surface area (Å²) < 4.78 is 0.0858. The van der Waals surface area contributed by atoms with Gasteiger partial charge < -0.3 is 15.3 Å². The number of carboxylic acids is 1. The highest BCUT2D eigenvalue weighted by Crippen LogP contribution is 2.28. The van der Waals surface area contributed by atoms with Gasteiger partial charge in [0.25, 0.3) is 0 Å². The lowest BCUT2D eigenvalue weighted by molar-refractivity contribution is -0.129. The number of carbonyl (C=O) groups is 2. The van der Waals surface area contributed by atoms with Gasteiger partial charge >= 0.3 is 5.97 Å². The number of amides is 1. The largest absolute Gasteiger partial charge is 0.476 e. The van der Waals surface area contributed by atoms with Gasteiger partial charge in [-0.3, -0.25) is 4.79 Å². The first kappa shape index (κ1) is 14.1. The summed E-state index contributed by atoms with van der Waals surface area (Å²) >= 11 is 6.73. The summed E-state index contributed by atoms with van der Waals surface area (Å²) in [6.45, 7) is 3.44. The number of aromatic nitrogens is 1. The summed E-state index contributed by atoms with van der Waals surface area (Å²) in [6.07, 6.45) is 1.82. The van der Waals surface area contributed by atoms with Crippen LogP contribution in [0.25, 0.3) is 0 Å². The fraction of sp³-hybridized carbons (Fsp3) is 0.111. The maximum Gasteiger partial charge on any atom is 0.360 e. The molecule has 1 rings (SSSR count). The van der Waals surface area contributed by atoms with Gasteiger partial charge in [-0.2, -0.15) is 0 Å². The van der Waals surface area contributed by atoms with E-state index in [1.54, 1.807) is 0 Å². The number of nitrogens with one attached hydrogen (secondary N) is 1. The van der Waals surface area contributed by atoms with Gasteiger partial charge in [-0.15, -0.1) is 0 Å². The quantitative estimate of drug-likeness (QED) is 0.259. The average molecular weight is 290 g/mol. The standard InChI is InChI=1S/C9H8ClN3O4S/c1-2-3-17-13-6(8(15)16)5-7(10)18-9(12-5)11-4-14/h2,4H,1,3H2,(H,15,16)(H,11,12,14)/b13-6-. The Labute approximate surface area is 111 Å². The molecule has 0 bridgehead atoms. The zero-order valence-electron chi connectivity index (χ0n) is 8.92. The summed E-state index contributed by atoms with van der Waals surface area (Å²) in [5.74, 6) is -1.34. The Morgan fingerprint density at radius 3 is 3.00 bits per heavy atom. The van der Waals surface area contributed by atoms with Gasteiger partial charge in [0.2, 0.25) is 12.1 Å². The molecule has 2 N–H and O–H groups in total. The highest BCUT2D eigenvalue weighted by atomic mass is 35.5. The van der Waals surface area contributed by atoms with Crippen molar-refractivity contribution in [2.45, 2.75) is 0 Å². The minimum absolute atomic E-state index is 0.0536. The Hall–Kier alpha value is -1.93. The Morgan fingerprint density at radius 1 is 1.72 bits per heavy atom. The number of halogens is 1. The molecule has 1 amide bonds. The van der Waals surface area contributed by atoms with Crippen molar-refractivity contribution in [2.24, 2.45) is 5.16 Å².